The van der Waals surface area contributed by atoms with Gasteiger partial charge in [0.25, 0.3) is 5.91 Å². The number of rotatable bonds is 6. The molecule has 2 aromatic rings. The number of carbonyl (C=O) groups is 1. The molecule has 0 bridgehead atoms. The molecule has 1 amide bonds. The molecule has 120 valence electrons. The summed E-state index contributed by atoms with van der Waals surface area (Å²) < 4.78 is 5.19. The normalized spacial score (nSPS) is 10.6. The van der Waals surface area contributed by atoms with Crippen LogP contribution in [0.5, 0.6) is 5.75 Å². The maximum atomic E-state index is 11.8. The third-order valence-electron chi connectivity index (χ3n) is 2.90. The summed E-state index contributed by atoms with van der Waals surface area (Å²) in [5.74, 6) is 0.369. The van der Waals surface area contributed by atoms with Crippen molar-refractivity contribution in [3.8, 4) is 5.75 Å². The topological polar surface area (TPSA) is 62.7 Å². The lowest BCUT2D eigenvalue weighted by molar-refractivity contribution is -0.119. The molecule has 0 aliphatic carbocycles. The lowest BCUT2D eigenvalue weighted by Crippen LogP contribution is -2.26. The van der Waals surface area contributed by atoms with Gasteiger partial charge >= 0.3 is 0 Å². The van der Waals surface area contributed by atoms with Gasteiger partial charge in [-0.1, -0.05) is 41.4 Å². The summed E-state index contributed by atoms with van der Waals surface area (Å²) in [6.07, 6.45) is 1.46. The van der Waals surface area contributed by atoms with Crippen molar-refractivity contribution in [3.63, 3.8) is 0 Å². The summed E-state index contributed by atoms with van der Waals surface area (Å²) in [5.41, 5.74) is 3.81. The van der Waals surface area contributed by atoms with Crippen LogP contribution in [-0.4, -0.2) is 25.8 Å². The van der Waals surface area contributed by atoms with Gasteiger partial charge in [0.05, 0.1) is 30.6 Å². The number of hydrogen-bond donors (Lipinski definition) is 2. The molecule has 0 aliphatic rings. The smallest absolute Gasteiger partial charge is 0.259 e. The van der Waals surface area contributed by atoms with Crippen LogP contribution in [0.3, 0.4) is 0 Å². The van der Waals surface area contributed by atoms with Crippen LogP contribution in [0.4, 0.5) is 5.69 Å². The molecule has 0 heterocycles. The van der Waals surface area contributed by atoms with E-state index in [0.29, 0.717) is 21.4 Å². The fourth-order valence-electron chi connectivity index (χ4n) is 1.79. The van der Waals surface area contributed by atoms with Gasteiger partial charge in [0.2, 0.25) is 0 Å². The van der Waals surface area contributed by atoms with Gasteiger partial charge in [0.1, 0.15) is 5.75 Å². The molecule has 23 heavy (non-hydrogen) atoms. The number of nitrogens with one attached hydrogen (secondary N) is 2. The highest BCUT2D eigenvalue weighted by Crippen LogP contribution is 2.22. The van der Waals surface area contributed by atoms with Gasteiger partial charge in [-0.05, 0) is 24.3 Å². The molecule has 0 aliphatic heterocycles. The molecule has 2 aromatic carbocycles. The molecule has 0 saturated heterocycles. The quantitative estimate of drug-likeness (QED) is 0.617. The Balaban J connectivity index is 1.86. The van der Waals surface area contributed by atoms with Crippen molar-refractivity contribution >= 4 is 41.0 Å². The van der Waals surface area contributed by atoms with Crippen LogP contribution < -0.4 is 15.5 Å². The average Bonchev–Trinajstić information content (AvgIpc) is 2.55. The lowest BCUT2D eigenvalue weighted by atomic mass is 10.2. The molecule has 0 radical (unpaired) electrons. The third kappa shape index (κ3) is 5.16. The van der Waals surface area contributed by atoms with Crippen LogP contribution in [0.1, 0.15) is 5.56 Å². The van der Waals surface area contributed by atoms with E-state index in [-0.39, 0.29) is 12.5 Å². The average molecular weight is 352 g/mol. The maximum absolute atomic E-state index is 11.8. The Kier molecular flexibility index (Phi) is 6.26. The third-order valence-corrected chi connectivity index (χ3v) is 3.46. The lowest BCUT2D eigenvalue weighted by Gasteiger charge is -2.09. The first kappa shape index (κ1) is 17.1. The van der Waals surface area contributed by atoms with Gasteiger partial charge in [-0.2, -0.15) is 5.10 Å². The zero-order valence-electron chi connectivity index (χ0n) is 12.3. The highest BCUT2D eigenvalue weighted by Gasteiger charge is 2.04. The molecule has 0 unspecified atom stereocenters. The van der Waals surface area contributed by atoms with E-state index in [4.69, 9.17) is 27.9 Å². The Morgan fingerprint density at radius 3 is 2.78 bits per heavy atom. The summed E-state index contributed by atoms with van der Waals surface area (Å²) in [7, 11) is 1.57. The molecular formula is C16H15Cl2N3O2. The number of para-hydroxylation sites is 2. The van der Waals surface area contributed by atoms with Gasteiger partial charge in [-0.15, -0.1) is 0 Å². The Labute approximate surface area is 144 Å². The highest BCUT2D eigenvalue weighted by molar-refractivity contribution is 6.36. The van der Waals surface area contributed by atoms with E-state index in [1.807, 2.05) is 18.2 Å². The van der Waals surface area contributed by atoms with Crippen LogP contribution >= 0.6 is 23.2 Å². The van der Waals surface area contributed by atoms with E-state index < -0.39 is 0 Å². The minimum absolute atomic E-state index is 0.0616. The molecule has 0 spiro atoms. The zero-order chi connectivity index (χ0) is 16.7. The van der Waals surface area contributed by atoms with Gasteiger partial charge in [-0.25, -0.2) is 5.43 Å². The standard InChI is InChI=1S/C16H15Cl2N3O2/c1-23-15-5-3-2-4-14(15)19-10-16(22)21-20-9-11-6-7-12(17)8-13(11)18/h2-9,19H,10H2,1H3,(H,21,22). The molecule has 0 fully saturated rings. The number of nitrogens with zero attached hydrogens (tertiary/aromatic N) is 1. The number of carbonyl (C=O) groups excluding carboxylic acids is 1. The van der Waals surface area contributed by atoms with Crippen LogP contribution in [-0.2, 0) is 4.79 Å². The summed E-state index contributed by atoms with van der Waals surface area (Å²) >= 11 is 11.8. The second kappa shape index (κ2) is 8.41. The summed E-state index contributed by atoms with van der Waals surface area (Å²) in [5, 5.41) is 7.84. The van der Waals surface area contributed by atoms with Gasteiger partial charge in [-0.3, -0.25) is 4.79 Å². The minimum atomic E-state index is -0.294. The van der Waals surface area contributed by atoms with Crippen LogP contribution in [0.2, 0.25) is 10.0 Å². The predicted octanol–water partition coefficient (Wildman–Crippen LogP) is 3.56. The number of amides is 1. The van der Waals surface area contributed by atoms with E-state index >= 15 is 0 Å². The summed E-state index contributed by atoms with van der Waals surface area (Å²) in [6, 6.07) is 12.3. The maximum Gasteiger partial charge on any atom is 0.259 e. The van der Waals surface area contributed by atoms with Crippen molar-refractivity contribution < 1.29 is 9.53 Å². The van der Waals surface area contributed by atoms with Crippen molar-refractivity contribution in [1.82, 2.24) is 5.43 Å². The molecule has 7 heteroatoms. The number of hydrogen-bond acceptors (Lipinski definition) is 4. The first-order valence-electron chi connectivity index (χ1n) is 6.74. The van der Waals surface area contributed by atoms with Gasteiger partial charge < -0.3 is 10.1 Å². The van der Waals surface area contributed by atoms with E-state index in [1.54, 1.807) is 31.4 Å². The molecule has 0 saturated carbocycles. The molecule has 2 rings (SSSR count). The van der Waals surface area contributed by atoms with Gasteiger partial charge in [0, 0.05) is 10.6 Å². The summed E-state index contributed by atoms with van der Waals surface area (Å²) in [4.78, 5) is 11.8. The number of hydrazone groups is 1. The Morgan fingerprint density at radius 1 is 1.26 bits per heavy atom. The molecular weight excluding hydrogens is 337 g/mol. The number of anilines is 1. The van der Waals surface area contributed by atoms with Crippen molar-refractivity contribution in [3.05, 3.63) is 58.1 Å². The first-order chi connectivity index (χ1) is 11.1. The van der Waals surface area contributed by atoms with Crippen molar-refractivity contribution in [2.24, 2.45) is 5.10 Å². The second-order valence-electron chi connectivity index (χ2n) is 4.51. The monoisotopic (exact) mass is 351 g/mol. The van der Waals surface area contributed by atoms with Crippen molar-refractivity contribution in [2.75, 3.05) is 19.0 Å². The summed E-state index contributed by atoms with van der Waals surface area (Å²) in [6.45, 7) is 0.0616. The van der Waals surface area contributed by atoms with Crippen LogP contribution in [0.25, 0.3) is 0 Å². The van der Waals surface area contributed by atoms with Crippen LogP contribution in [0, 0.1) is 0 Å². The molecule has 2 N–H and O–H groups in total. The molecule has 0 aromatic heterocycles. The fraction of sp³-hybridized carbons (Fsp3) is 0.125. The Hall–Kier alpha value is -2.24. The number of benzene rings is 2. The Bertz CT molecular complexity index is 720. The van der Waals surface area contributed by atoms with E-state index in [9.17, 15) is 4.79 Å². The van der Waals surface area contributed by atoms with Gasteiger partial charge in [0.15, 0.2) is 0 Å². The van der Waals surface area contributed by atoms with E-state index in [2.05, 4.69) is 15.8 Å². The number of halogens is 2. The minimum Gasteiger partial charge on any atom is -0.495 e. The van der Waals surface area contributed by atoms with E-state index in [0.717, 1.165) is 5.69 Å². The highest BCUT2D eigenvalue weighted by atomic mass is 35.5. The first-order valence-corrected chi connectivity index (χ1v) is 7.49. The molecule has 5 nitrogen and oxygen atoms in total. The molecule has 0 atom stereocenters. The second-order valence-corrected chi connectivity index (χ2v) is 5.36. The van der Waals surface area contributed by atoms with E-state index in [1.165, 1.54) is 6.21 Å². The SMILES string of the molecule is COc1ccccc1NCC(=O)NN=Cc1ccc(Cl)cc1Cl. The Morgan fingerprint density at radius 2 is 2.04 bits per heavy atom. The van der Waals surface area contributed by atoms with Crippen molar-refractivity contribution in [2.45, 2.75) is 0 Å². The zero-order valence-corrected chi connectivity index (χ0v) is 13.9. The largest absolute Gasteiger partial charge is 0.495 e. The fourth-order valence-corrected chi connectivity index (χ4v) is 2.24. The number of methoxy groups -OCH3 is 1. The van der Waals surface area contributed by atoms with Crippen LogP contribution in [0.15, 0.2) is 47.6 Å². The van der Waals surface area contributed by atoms with Crippen molar-refractivity contribution in [1.29, 1.82) is 0 Å². The predicted molar refractivity (Wildman–Crippen MR) is 93.7 cm³/mol. The number of ether oxygens (including phenoxy) is 1.